The molecule has 0 spiro atoms. The van der Waals surface area contributed by atoms with E-state index in [0.29, 0.717) is 26.4 Å². The quantitative estimate of drug-likeness (QED) is 0.398. The molecule has 0 saturated heterocycles. The molecule has 0 saturated carbocycles. The van der Waals surface area contributed by atoms with Crippen molar-refractivity contribution in [3.05, 3.63) is 51.0 Å². The second kappa shape index (κ2) is 9.92. The highest BCUT2D eigenvalue weighted by Crippen LogP contribution is 2.28. The molecule has 0 aliphatic rings. The van der Waals surface area contributed by atoms with Gasteiger partial charge in [-0.15, -0.1) is 11.8 Å². The van der Waals surface area contributed by atoms with Crippen molar-refractivity contribution in [1.29, 1.82) is 5.26 Å². The molecule has 0 radical (unpaired) electrons. The number of aromatic nitrogens is 1. The van der Waals surface area contributed by atoms with Gasteiger partial charge in [0.15, 0.2) is 10.7 Å². The lowest BCUT2D eigenvalue weighted by atomic mass is 10.2. The maximum absolute atomic E-state index is 12.6. The molecule has 7 nitrogen and oxygen atoms in total. The van der Waals surface area contributed by atoms with E-state index in [-0.39, 0.29) is 18.1 Å². The molecule has 1 aromatic heterocycles. The highest BCUT2D eigenvalue weighted by Gasteiger charge is 2.20. The molecule has 1 amide bonds. The van der Waals surface area contributed by atoms with E-state index >= 15 is 0 Å². The molecule has 146 valence electrons. The highest BCUT2D eigenvalue weighted by molar-refractivity contribution is 8.02. The number of carbonyl (C=O) groups excluding carboxylic acids is 2. The third kappa shape index (κ3) is 5.34. The maximum atomic E-state index is 12.6. The van der Waals surface area contributed by atoms with Gasteiger partial charge >= 0.3 is 5.97 Å². The number of ether oxygens (including phenoxy) is 1. The largest absolute Gasteiger partial charge is 0.462 e. The lowest BCUT2D eigenvalue weighted by Gasteiger charge is -2.08. The summed E-state index contributed by atoms with van der Waals surface area (Å²) in [4.78, 5) is 29.3. The lowest BCUT2D eigenvalue weighted by molar-refractivity contribution is -0.138. The fourth-order valence-electron chi connectivity index (χ4n) is 2.19. The van der Waals surface area contributed by atoms with Crippen molar-refractivity contribution in [3.63, 3.8) is 0 Å². The average molecular weight is 417 g/mol. The average Bonchev–Trinajstić information content (AvgIpc) is 3.04. The van der Waals surface area contributed by atoms with Gasteiger partial charge in [-0.25, -0.2) is 9.78 Å². The summed E-state index contributed by atoms with van der Waals surface area (Å²) in [5, 5.41) is 15.8. The van der Waals surface area contributed by atoms with Crippen molar-refractivity contribution in [1.82, 2.24) is 4.98 Å². The van der Waals surface area contributed by atoms with Crippen molar-refractivity contribution < 1.29 is 14.3 Å². The van der Waals surface area contributed by atoms with Gasteiger partial charge < -0.3 is 15.4 Å². The molecule has 0 atom stereocenters. The molecule has 0 aliphatic carbocycles. The number of amides is 1. The first-order valence-electron chi connectivity index (χ1n) is 8.37. The predicted octanol–water partition coefficient (Wildman–Crippen LogP) is 4.09. The summed E-state index contributed by atoms with van der Waals surface area (Å²) in [5.74, 6) is -0.972. The van der Waals surface area contributed by atoms with Crippen molar-refractivity contribution in [2.45, 2.75) is 20.8 Å². The number of carbonyl (C=O) groups is 2. The summed E-state index contributed by atoms with van der Waals surface area (Å²) in [7, 11) is 0. The van der Waals surface area contributed by atoms with E-state index in [1.54, 1.807) is 20.1 Å². The Hall–Kier alpha value is -2.83. The molecule has 0 bridgehead atoms. The molecule has 28 heavy (non-hydrogen) atoms. The minimum Gasteiger partial charge on any atom is -0.462 e. The Labute approximate surface area is 171 Å². The van der Waals surface area contributed by atoms with Crippen LogP contribution in [0.15, 0.2) is 34.9 Å². The Morgan fingerprint density at radius 3 is 2.50 bits per heavy atom. The minimum atomic E-state index is -0.701. The molecule has 9 heteroatoms. The van der Waals surface area contributed by atoms with E-state index in [4.69, 9.17) is 4.74 Å². The fraction of sp³-hybridized carbons (Fsp3) is 0.263. The van der Waals surface area contributed by atoms with Gasteiger partial charge in [-0.05, 0) is 39.2 Å². The normalized spacial score (nSPS) is 11.2. The van der Waals surface area contributed by atoms with Crippen molar-refractivity contribution in [3.8, 4) is 6.07 Å². The number of aryl methyl sites for hydroxylation is 2. The topological polar surface area (TPSA) is 104 Å². The number of thioether (sulfide) groups is 1. The minimum absolute atomic E-state index is 0.132. The number of benzene rings is 1. The number of esters is 1. The Morgan fingerprint density at radius 2 is 1.93 bits per heavy atom. The van der Waals surface area contributed by atoms with Crippen LogP contribution in [0.2, 0.25) is 0 Å². The molecular formula is C19H20N4O3S2. The molecule has 0 aliphatic heterocycles. The zero-order valence-electron chi connectivity index (χ0n) is 16.0. The molecule has 0 unspecified atom stereocenters. The standard InChI is InChI=1S/C19H20N4O3S2/c1-5-26-18(25)14(10-20)17(27-4)23-19-21-12(3)15(28-19)16(24)22-13-8-6-11(2)7-9-13/h6-9H,5H2,1-4H3,(H,21,23)(H,22,24)/b17-14+. The van der Waals surface area contributed by atoms with Gasteiger partial charge in [0.05, 0.1) is 17.3 Å². The van der Waals surface area contributed by atoms with E-state index in [1.165, 1.54) is 11.8 Å². The van der Waals surface area contributed by atoms with Gasteiger partial charge in [0, 0.05) is 5.69 Å². The molecule has 2 rings (SSSR count). The first-order chi connectivity index (χ1) is 13.4. The van der Waals surface area contributed by atoms with Crippen LogP contribution in [0, 0.1) is 25.2 Å². The Bertz CT molecular complexity index is 943. The van der Waals surface area contributed by atoms with Crippen LogP contribution in [0.3, 0.4) is 0 Å². The second-order valence-electron chi connectivity index (χ2n) is 5.62. The van der Waals surface area contributed by atoms with Crippen LogP contribution in [0.5, 0.6) is 0 Å². The van der Waals surface area contributed by atoms with Crippen LogP contribution in [0.4, 0.5) is 10.8 Å². The van der Waals surface area contributed by atoms with Crippen molar-refractivity contribution >= 4 is 45.8 Å². The fourth-order valence-corrected chi connectivity index (χ4v) is 3.65. The Morgan fingerprint density at radius 1 is 1.25 bits per heavy atom. The summed E-state index contributed by atoms with van der Waals surface area (Å²) < 4.78 is 4.90. The van der Waals surface area contributed by atoms with E-state index in [1.807, 2.05) is 37.3 Å². The Balaban J connectivity index is 2.22. The predicted molar refractivity (Wildman–Crippen MR) is 112 cm³/mol. The number of rotatable bonds is 7. The smallest absolute Gasteiger partial charge is 0.351 e. The van der Waals surface area contributed by atoms with Gasteiger partial charge in [0.1, 0.15) is 10.9 Å². The highest BCUT2D eigenvalue weighted by atomic mass is 32.2. The van der Waals surface area contributed by atoms with Gasteiger partial charge in [-0.2, -0.15) is 5.26 Å². The van der Waals surface area contributed by atoms with Crippen LogP contribution in [-0.4, -0.2) is 29.7 Å². The third-order valence-corrected chi connectivity index (χ3v) is 5.34. The molecule has 1 aromatic carbocycles. The van der Waals surface area contributed by atoms with Crippen molar-refractivity contribution in [2.24, 2.45) is 0 Å². The van der Waals surface area contributed by atoms with Crippen LogP contribution in [0.25, 0.3) is 0 Å². The van der Waals surface area contributed by atoms with Crippen LogP contribution in [0.1, 0.15) is 27.9 Å². The monoisotopic (exact) mass is 416 g/mol. The summed E-state index contributed by atoms with van der Waals surface area (Å²) >= 11 is 2.33. The number of hydrogen-bond acceptors (Lipinski definition) is 8. The van der Waals surface area contributed by atoms with Gasteiger partial charge in [0.2, 0.25) is 0 Å². The number of thiazole rings is 1. The maximum Gasteiger partial charge on any atom is 0.351 e. The summed E-state index contributed by atoms with van der Waals surface area (Å²) in [5.41, 5.74) is 2.21. The first-order valence-corrected chi connectivity index (χ1v) is 10.4. The number of nitriles is 1. The number of hydrogen-bond donors (Lipinski definition) is 2. The lowest BCUT2D eigenvalue weighted by Crippen LogP contribution is -2.11. The summed E-state index contributed by atoms with van der Waals surface area (Å²) in [6, 6.07) is 9.34. The van der Waals surface area contributed by atoms with E-state index in [0.717, 1.165) is 16.9 Å². The summed E-state index contributed by atoms with van der Waals surface area (Å²) in [6.07, 6.45) is 1.73. The van der Waals surface area contributed by atoms with E-state index in [2.05, 4.69) is 15.6 Å². The van der Waals surface area contributed by atoms with Crippen LogP contribution < -0.4 is 10.6 Å². The second-order valence-corrected chi connectivity index (χ2v) is 7.43. The van der Waals surface area contributed by atoms with Crippen LogP contribution >= 0.6 is 23.1 Å². The van der Waals surface area contributed by atoms with Gasteiger partial charge in [-0.1, -0.05) is 29.0 Å². The Kier molecular flexibility index (Phi) is 7.61. The third-order valence-electron chi connectivity index (χ3n) is 3.56. The first kappa shape index (κ1) is 21.5. The summed E-state index contributed by atoms with van der Waals surface area (Å²) in [6.45, 7) is 5.54. The molecule has 1 heterocycles. The molecule has 2 N–H and O–H groups in total. The van der Waals surface area contributed by atoms with Crippen molar-refractivity contribution in [2.75, 3.05) is 23.5 Å². The molecule has 0 fully saturated rings. The van der Waals surface area contributed by atoms with Gasteiger partial charge in [0.25, 0.3) is 5.91 Å². The van der Waals surface area contributed by atoms with Crippen LogP contribution in [-0.2, 0) is 9.53 Å². The molecule has 2 aromatic rings. The number of nitrogens with zero attached hydrogens (tertiary/aromatic N) is 2. The number of anilines is 2. The van der Waals surface area contributed by atoms with E-state index in [9.17, 15) is 14.9 Å². The zero-order chi connectivity index (χ0) is 20.7. The SMILES string of the molecule is CCOC(=O)/C(C#N)=C(\Nc1nc(C)c(C(=O)Nc2ccc(C)cc2)s1)SC. The van der Waals surface area contributed by atoms with E-state index < -0.39 is 5.97 Å². The zero-order valence-corrected chi connectivity index (χ0v) is 17.6. The number of nitrogens with one attached hydrogen (secondary N) is 2. The molecular weight excluding hydrogens is 396 g/mol. The van der Waals surface area contributed by atoms with Gasteiger partial charge in [-0.3, -0.25) is 4.79 Å².